The molecule has 0 aliphatic rings. The molecule has 0 unspecified atom stereocenters. The standard InChI is InChI=1S/C47H78O5/c1-3-5-7-9-11-13-15-17-19-21-23-25-27-29-31-33-35-37-39-41-46(49)51-44-45(43-48)52-47(50)42-40-38-36-34-32-30-28-26-24-22-20-18-16-14-12-10-8-6-4-2/h6,8,11-14,17-20,24,26,30,32,45,48H,3-5,7,9-10,15-16,21-23,25,27-29,31,33-44H2,1-2H3/t45-/m0/s1. The van der Waals surface area contributed by atoms with E-state index in [1.54, 1.807) is 0 Å². The summed E-state index contributed by atoms with van der Waals surface area (Å²) < 4.78 is 10.6. The number of carbonyl (C=O) groups excluding carboxylic acids is 2. The highest BCUT2D eigenvalue weighted by Crippen LogP contribution is 2.13. The maximum atomic E-state index is 12.2. The minimum Gasteiger partial charge on any atom is -0.462 e. The minimum atomic E-state index is -0.795. The molecule has 0 aromatic heterocycles. The topological polar surface area (TPSA) is 72.8 Å². The minimum absolute atomic E-state index is 0.0862. The first-order valence-corrected chi connectivity index (χ1v) is 21.1. The molecular formula is C47H78O5. The van der Waals surface area contributed by atoms with Gasteiger partial charge in [-0.3, -0.25) is 9.59 Å². The second-order valence-corrected chi connectivity index (χ2v) is 13.7. The summed E-state index contributed by atoms with van der Waals surface area (Å²) >= 11 is 0. The van der Waals surface area contributed by atoms with Crippen LogP contribution in [0.25, 0.3) is 0 Å². The third kappa shape index (κ3) is 39.9. The van der Waals surface area contributed by atoms with Crippen molar-refractivity contribution in [3.05, 3.63) is 85.1 Å². The number of aliphatic hydroxyl groups excluding tert-OH is 1. The molecule has 0 heterocycles. The van der Waals surface area contributed by atoms with Crippen molar-refractivity contribution in [1.29, 1.82) is 0 Å². The van der Waals surface area contributed by atoms with E-state index in [-0.39, 0.29) is 25.2 Å². The van der Waals surface area contributed by atoms with E-state index in [1.165, 1.54) is 70.6 Å². The number of unbranched alkanes of at least 4 members (excludes halogenated alkanes) is 15. The summed E-state index contributed by atoms with van der Waals surface area (Å²) in [5.41, 5.74) is 0. The number of carbonyl (C=O) groups is 2. The van der Waals surface area contributed by atoms with Crippen LogP contribution in [0.15, 0.2) is 85.1 Å². The Morgan fingerprint density at radius 2 is 0.827 bits per heavy atom. The molecule has 0 aromatic rings. The van der Waals surface area contributed by atoms with Crippen LogP contribution in [0.2, 0.25) is 0 Å². The van der Waals surface area contributed by atoms with Crippen molar-refractivity contribution in [3.63, 3.8) is 0 Å². The predicted molar refractivity (Wildman–Crippen MR) is 223 cm³/mol. The summed E-state index contributed by atoms with van der Waals surface area (Å²) in [6.45, 7) is 3.96. The van der Waals surface area contributed by atoms with E-state index in [0.717, 1.165) is 83.5 Å². The summed E-state index contributed by atoms with van der Waals surface area (Å²) in [5, 5.41) is 9.57. The van der Waals surface area contributed by atoms with Gasteiger partial charge in [0.05, 0.1) is 6.61 Å². The highest BCUT2D eigenvalue weighted by molar-refractivity contribution is 5.70. The molecule has 5 nitrogen and oxygen atoms in total. The van der Waals surface area contributed by atoms with Crippen molar-refractivity contribution in [2.75, 3.05) is 13.2 Å². The molecule has 0 aliphatic heterocycles. The first-order valence-electron chi connectivity index (χ1n) is 21.1. The number of hydrogen-bond acceptors (Lipinski definition) is 5. The highest BCUT2D eigenvalue weighted by atomic mass is 16.6. The Bertz CT molecular complexity index is 999. The van der Waals surface area contributed by atoms with Gasteiger partial charge in [-0.15, -0.1) is 0 Å². The van der Waals surface area contributed by atoms with Crippen LogP contribution in [0.1, 0.15) is 181 Å². The Morgan fingerprint density at radius 1 is 0.462 bits per heavy atom. The van der Waals surface area contributed by atoms with E-state index in [0.29, 0.717) is 12.8 Å². The lowest BCUT2D eigenvalue weighted by Crippen LogP contribution is -2.28. The third-order valence-corrected chi connectivity index (χ3v) is 8.67. The molecule has 296 valence electrons. The molecule has 1 atom stereocenters. The van der Waals surface area contributed by atoms with Gasteiger partial charge in [0.1, 0.15) is 6.61 Å². The van der Waals surface area contributed by atoms with Crippen LogP contribution in [0.5, 0.6) is 0 Å². The average molecular weight is 723 g/mol. The number of allylic oxidation sites excluding steroid dienone is 14. The van der Waals surface area contributed by atoms with E-state index in [1.807, 2.05) is 0 Å². The zero-order valence-corrected chi connectivity index (χ0v) is 33.5. The van der Waals surface area contributed by atoms with Crippen molar-refractivity contribution < 1.29 is 24.2 Å². The Hall–Kier alpha value is -2.92. The van der Waals surface area contributed by atoms with Gasteiger partial charge in [-0.25, -0.2) is 0 Å². The Labute approximate surface area is 320 Å². The lowest BCUT2D eigenvalue weighted by atomic mass is 10.1. The fraction of sp³-hybridized carbons (Fsp3) is 0.660. The van der Waals surface area contributed by atoms with Crippen molar-refractivity contribution in [3.8, 4) is 0 Å². The molecule has 0 rings (SSSR count). The van der Waals surface area contributed by atoms with Gasteiger partial charge in [0.2, 0.25) is 0 Å². The van der Waals surface area contributed by atoms with Gasteiger partial charge in [-0.05, 0) is 89.9 Å². The fourth-order valence-corrected chi connectivity index (χ4v) is 5.49. The van der Waals surface area contributed by atoms with E-state index < -0.39 is 6.10 Å². The number of esters is 2. The third-order valence-electron chi connectivity index (χ3n) is 8.67. The molecule has 5 heteroatoms. The SMILES string of the molecule is CCC=CCC=CCC=CCC=CCC=CCCCCCC(=O)O[C@@H](CO)COC(=O)CCCCCCCCCCCC=CCC=CCCCCC. The van der Waals surface area contributed by atoms with E-state index >= 15 is 0 Å². The lowest BCUT2D eigenvalue weighted by Gasteiger charge is -2.15. The van der Waals surface area contributed by atoms with Gasteiger partial charge in [0, 0.05) is 12.8 Å². The molecule has 0 spiro atoms. The van der Waals surface area contributed by atoms with Crippen LogP contribution in [0.3, 0.4) is 0 Å². The molecule has 0 saturated carbocycles. The van der Waals surface area contributed by atoms with Crippen LogP contribution < -0.4 is 0 Å². The van der Waals surface area contributed by atoms with E-state index in [9.17, 15) is 14.7 Å². The largest absolute Gasteiger partial charge is 0.462 e. The Morgan fingerprint density at radius 3 is 1.27 bits per heavy atom. The molecule has 0 fully saturated rings. The molecular weight excluding hydrogens is 645 g/mol. The average Bonchev–Trinajstić information content (AvgIpc) is 3.15. The quantitative estimate of drug-likeness (QED) is 0.0393. The van der Waals surface area contributed by atoms with Gasteiger partial charge in [-0.2, -0.15) is 0 Å². The highest BCUT2D eigenvalue weighted by Gasteiger charge is 2.16. The molecule has 0 amide bonds. The summed E-state index contributed by atoms with van der Waals surface area (Å²) in [5.74, 6) is -0.639. The van der Waals surface area contributed by atoms with E-state index in [4.69, 9.17) is 9.47 Å². The van der Waals surface area contributed by atoms with Crippen LogP contribution in [0.4, 0.5) is 0 Å². The zero-order valence-electron chi connectivity index (χ0n) is 33.5. The molecule has 0 bridgehead atoms. The number of hydrogen-bond donors (Lipinski definition) is 1. The van der Waals surface area contributed by atoms with Crippen LogP contribution in [-0.2, 0) is 19.1 Å². The molecule has 0 aliphatic carbocycles. The predicted octanol–water partition coefficient (Wildman–Crippen LogP) is 13.5. The zero-order chi connectivity index (χ0) is 37.8. The Balaban J connectivity index is 3.64. The van der Waals surface area contributed by atoms with Crippen molar-refractivity contribution in [2.45, 2.75) is 187 Å². The second kappa shape index (κ2) is 42.5. The van der Waals surface area contributed by atoms with Gasteiger partial charge in [-0.1, -0.05) is 163 Å². The molecule has 1 N–H and O–H groups in total. The summed E-state index contributed by atoms with van der Waals surface area (Å²) in [7, 11) is 0. The smallest absolute Gasteiger partial charge is 0.306 e. The molecule has 0 aromatic carbocycles. The molecule has 52 heavy (non-hydrogen) atoms. The van der Waals surface area contributed by atoms with Gasteiger partial charge < -0.3 is 14.6 Å². The van der Waals surface area contributed by atoms with Crippen molar-refractivity contribution in [2.24, 2.45) is 0 Å². The fourth-order valence-electron chi connectivity index (χ4n) is 5.49. The maximum Gasteiger partial charge on any atom is 0.306 e. The van der Waals surface area contributed by atoms with Gasteiger partial charge >= 0.3 is 11.9 Å². The van der Waals surface area contributed by atoms with Gasteiger partial charge in [0.25, 0.3) is 0 Å². The van der Waals surface area contributed by atoms with Crippen LogP contribution in [0, 0.1) is 0 Å². The second-order valence-electron chi connectivity index (χ2n) is 13.7. The van der Waals surface area contributed by atoms with Crippen LogP contribution >= 0.6 is 0 Å². The number of ether oxygens (including phenoxy) is 2. The first-order chi connectivity index (χ1) is 25.6. The van der Waals surface area contributed by atoms with Crippen molar-refractivity contribution in [1.82, 2.24) is 0 Å². The summed E-state index contributed by atoms with van der Waals surface area (Å²) in [6.07, 6.45) is 57.9. The van der Waals surface area contributed by atoms with Gasteiger partial charge in [0.15, 0.2) is 6.10 Å². The maximum absolute atomic E-state index is 12.2. The summed E-state index contributed by atoms with van der Waals surface area (Å²) in [6, 6.07) is 0. The van der Waals surface area contributed by atoms with Crippen molar-refractivity contribution >= 4 is 11.9 Å². The molecule has 0 saturated heterocycles. The van der Waals surface area contributed by atoms with Crippen LogP contribution in [-0.4, -0.2) is 36.4 Å². The number of aliphatic hydroxyl groups is 1. The lowest BCUT2D eigenvalue weighted by molar-refractivity contribution is -0.161. The summed E-state index contributed by atoms with van der Waals surface area (Å²) in [4.78, 5) is 24.3. The first kappa shape index (κ1) is 49.1. The number of rotatable bonds is 37. The monoisotopic (exact) mass is 723 g/mol. The van der Waals surface area contributed by atoms with E-state index in [2.05, 4.69) is 98.9 Å². The Kier molecular flexibility index (Phi) is 40.1. The molecule has 0 radical (unpaired) electrons. The normalized spacial score (nSPS) is 13.1.